The number of halogens is 1. The third-order valence-corrected chi connectivity index (χ3v) is 4.09. The zero-order chi connectivity index (χ0) is 13.1. The number of hydrogen-bond acceptors (Lipinski definition) is 5. The van der Waals surface area contributed by atoms with Gasteiger partial charge in [-0.2, -0.15) is 0 Å². The molecule has 0 unspecified atom stereocenters. The van der Waals surface area contributed by atoms with Crippen LogP contribution in [-0.4, -0.2) is 16.5 Å². The molecule has 18 heavy (non-hydrogen) atoms. The summed E-state index contributed by atoms with van der Waals surface area (Å²) in [6, 6.07) is 4.82. The van der Waals surface area contributed by atoms with Crippen molar-refractivity contribution < 1.29 is 4.92 Å². The Morgan fingerprint density at radius 2 is 2.33 bits per heavy atom. The van der Waals surface area contributed by atoms with Crippen LogP contribution < -0.4 is 5.32 Å². The van der Waals surface area contributed by atoms with Crippen LogP contribution in [0.25, 0.3) is 10.6 Å². The molecule has 0 spiro atoms. The van der Waals surface area contributed by atoms with Crippen LogP contribution in [0.2, 0.25) is 0 Å². The van der Waals surface area contributed by atoms with Crippen molar-refractivity contribution in [2.45, 2.75) is 6.92 Å². The number of hydrogen-bond donors (Lipinski definition) is 1. The number of nitro groups is 1. The maximum Gasteiger partial charge on any atom is 0.275 e. The summed E-state index contributed by atoms with van der Waals surface area (Å²) in [5, 5.41) is 15.8. The van der Waals surface area contributed by atoms with E-state index in [4.69, 9.17) is 0 Å². The molecule has 0 radical (unpaired) electrons. The smallest absolute Gasteiger partial charge is 0.275 e. The van der Waals surface area contributed by atoms with E-state index in [-0.39, 0.29) is 5.69 Å². The summed E-state index contributed by atoms with van der Waals surface area (Å²) >= 11 is 4.90. The minimum absolute atomic E-state index is 0.0382. The first-order valence-electron chi connectivity index (χ1n) is 5.25. The van der Waals surface area contributed by atoms with Gasteiger partial charge in [-0.1, -0.05) is 0 Å². The summed E-state index contributed by atoms with van der Waals surface area (Å²) in [5.41, 5.74) is 0.637. The first-order chi connectivity index (χ1) is 8.61. The second-order valence-corrected chi connectivity index (χ2v) is 5.25. The topological polar surface area (TPSA) is 68.1 Å². The molecule has 0 aromatic carbocycles. The van der Waals surface area contributed by atoms with Crippen molar-refractivity contribution >= 4 is 38.8 Å². The summed E-state index contributed by atoms with van der Waals surface area (Å²) in [6.45, 7) is 2.58. The zero-order valence-corrected chi connectivity index (χ0v) is 11.9. The lowest BCUT2D eigenvalue weighted by molar-refractivity contribution is -0.384. The molecule has 2 rings (SSSR count). The van der Waals surface area contributed by atoms with Gasteiger partial charge in [0.05, 0.1) is 21.6 Å². The highest BCUT2D eigenvalue weighted by atomic mass is 79.9. The standard InChI is InChI=1S/C11H10BrN3O2S/c1-2-13-10-6-7(15(16)17)5-9(14-10)11-8(12)3-4-18-11/h3-6H,2H2,1H3,(H,13,14). The molecule has 0 aliphatic heterocycles. The molecule has 0 amide bonds. The molecule has 7 heteroatoms. The third-order valence-electron chi connectivity index (χ3n) is 2.23. The molecule has 94 valence electrons. The molecule has 2 aromatic heterocycles. The number of rotatable bonds is 4. The van der Waals surface area contributed by atoms with Gasteiger partial charge in [0.1, 0.15) is 5.82 Å². The van der Waals surface area contributed by atoms with Gasteiger partial charge in [-0.3, -0.25) is 10.1 Å². The number of anilines is 1. The van der Waals surface area contributed by atoms with E-state index in [1.54, 1.807) is 0 Å². The lowest BCUT2D eigenvalue weighted by Crippen LogP contribution is -2.01. The molecular formula is C11H10BrN3O2S. The summed E-state index contributed by atoms with van der Waals surface area (Å²) in [6.07, 6.45) is 0. The predicted molar refractivity (Wildman–Crippen MR) is 76.1 cm³/mol. The Kier molecular flexibility index (Phi) is 3.93. The Labute approximate surface area is 116 Å². The first kappa shape index (κ1) is 13.0. The van der Waals surface area contributed by atoms with E-state index in [1.807, 2.05) is 18.4 Å². The molecule has 0 saturated heterocycles. The molecule has 2 heterocycles. The number of pyridine rings is 1. The zero-order valence-electron chi connectivity index (χ0n) is 9.51. The lowest BCUT2D eigenvalue weighted by Gasteiger charge is -2.05. The molecule has 0 fully saturated rings. The van der Waals surface area contributed by atoms with Gasteiger partial charge >= 0.3 is 0 Å². The largest absolute Gasteiger partial charge is 0.370 e. The van der Waals surface area contributed by atoms with E-state index < -0.39 is 4.92 Å². The summed E-state index contributed by atoms with van der Waals surface area (Å²) in [5.74, 6) is 0.516. The second kappa shape index (κ2) is 5.45. The van der Waals surface area contributed by atoms with Crippen LogP contribution >= 0.6 is 27.3 Å². The van der Waals surface area contributed by atoms with Gasteiger partial charge < -0.3 is 5.32 Å². The number of nitrogens with one attached hydrogen (secondary N) is 1. The van der Waals surface area contributed by atoms with Crippen molar-refractivity contribution in [3.63, 3.8) is 0 Å². The normalized spacial score (nSPS) is 10.3. The molecule has 0 bridgehead atoms. The van der Waals surface area contributed by atoms with Crippen LogP contribution in [0.15, 0.2) is 28.1 Å². The maximum atomic E-state index is 10.9. The van der Waals surface area contributed by atoms with E-state index in [2.05, 4.69) is 26.2 Å². The van der Waals surface area contributed by atoms with E-state index >= 15 is 0 Å². The maximum absolute atomic E-state index is 10.9. The van der Waals surface area contributed by atoms with Crippen LogP contribution in [0.3, 0.4) is 0 Å². The monoisotopic (exact) mass is 327 g/mol. The van der Waals surface area contributed by atoms with E-state index in [1.165, 1.54) is 23.5 Å². The van der Waals surface area contributed by atoms with Crippen molar-refractivity contribution in [3.05, 3.63) is 38.2 Å². The minimum atomic E-state index is -0.409. The van der Waals surface area contributed by atoms with Crippen molar-refractivity contribution in [1.29, 1.82) is 0 Å². The van der Waals surface area contributed by atoms with E-state index in [0.717, 1.165) is 9.35 Å². The number of nitrogens with zero attached hydrogens (tertiary/aromatic N) is 2. The Balaban J connectivity index is 2.53. The Bertz CT molecular complexity index is 585. The van der Waals surface area contributed by atoms with Crippen LogP contribution in [-0.2, 0) is 0 Å². The van der Waals surface area contributed by atoms with Crippen LogP contribution in [0.4, 0.5) is 11.5 Å². The second-order valence-electron chi connectivity index (χ2n) is 3.48. The van der Waals surface area contributed by atoms with Gasteiger partial charge in [-0.05, 0) is 34.3 Å². The lowest BCUT2D eigenvalue weighted by atomic mass is 10.2. The molecule has 0 aliphatic rings. The van der Waals surface area contributed by atoms with Gasteiger partial charge in [-0.25, -0.2) is 4.98 Å². The summed E-state index contributed by atoms with van der Waals surface area (Å²) < 4.78 is 0.892. The van der Waals surface area contributed by atoms with Gasteiger partial charge in [0.15, 0.2) is 0 Å². The molecule has 2 aromatic rings. The summed E-state index contributed by atoms with van der Waals surface area (Å²) in [7, 11) is 0. The minimum Gasteiger partial charge on any atom is -0.370 e. The molecular weight excluding hydrogens is 318 g/mol. The van der Waals surface area contributed by atoms with E-state index in [0.29, 0.717) is 18.1 Å². The SMILES string of the molecule is CCNc1cc([N+](=O)[O-])cc(-c2sccc2Br)n1. The van der Waals surface area contributed by atoms with Gasteiger partial charge in [0.2, 0.25) is 0 Å². The third kappa shape index (κ3) is 2.68. The van der Waals surface area contributed by atoms with Crippen molar-refractivity contribution in [3.8, 4) is 10.6 Å². The fourth-order valence-electron chi connectivity index (χ4n) is 1.49. The van der Waals surface area contributed by atoms with Gasteiger partial charge in [0.25, 0.3) is 5.69 Å². The average Bonchev–Trinajstić information content (AvgIpc) is 2.75. The van der Waals surface area contributed by atoms with E-state index in [9.17, 15) is 10.1 Å². The molecule has 1 N–H and O–H groups in total. The predicted octanol–water partition coefficient (Wildman–Crippen LogP) is 3.91. The Morgan fingerprint density at radius 1 is 1.56 bits per heavy atom. The molecule has 0 atom stereocenters. The fraction of sp³-hybridized carbons (Fsp3) is 0.182. The molecule has 0 saturated carbocycles. The van der Waals surface area contributed by atoms with Crippen LogP contribution in [0.1, 0.15) is 6.92 Å². The highest BCUT2D eigenvalue weighted by molar-refractivity contribution is 9.10. The van der Waals surface area contributed by atoms with Crippen molar-refractivity contribution in [2.75, 3.05) is 11.9 Å². The molecule has 5 nitrogen and oxygen atoms in total. The van der Waals surface area contributed by atoms with Crippen molar-refractivity contribution in [1.82, 2.24) is 4.98 Å². The fourth-order valence-corrected chi connectivity index (χ4v) is 3.02. The van der Waals surface area contributed by atoms with Gasteiger partial charge in [-0.15, -0.1) is 11.3 Å². The van der Waals surface area contributed by atoms with Gasteiger partial charge in [0, 0.05) is 17.1 Å². The average molecular weight is 328 g/mol. The van der Waals surface area contributed by atoms with Crippen molar-refractivity contribution in [2.24, 2.45) is 0 Å². The quantitative estimate of drug-likeness (QED) is 0.682. The van der Waals surface area contributed by atoms with Crippen LogP contribution in [0, 0.1) is 10.1 Å². The highest BCUT2D eigenvalue weighted by Crippen LogP contribution is 2.34. The Hall–Kier alpha value is -1.47. The number of aromatic nitrogens is 1. The molecule has 0 aliphatic carbocycles. The highest BCUT2D eigenvalue weighted by Gasteiger charge is 2.14. The van der Waals surface area contributed by atoms with Crippen LogP contribution in [0.5, 0.6) is 0 Å². The first-order valence-corrected chi connectivity index (χ1v) is 6.92. The summed E-state index contributed by atoms with van der Waals surface area (Å²) in [4.78, 5) is 15.8. The Morgan fingerprint density at radius 3 is 2.89 bits per heavy atom. The number of thiophene rings is 1.